The molecular formula is C18H30N2O. The highest BCUT2D eigenvalue weighted by Crippen LogP contribution is 2.36. The van der Waals surface area contributed by atoms with Crippen molar-refractivity contribution in [2.75, 3.05) is 0 Å². The molecule has 0 saturated heterocycles. The van der Waals surface area contributed by atoms with E-state index in [-0.39, 0.29) is 0 Å². The van der Waals surface area contributed by atoms with Crippen LogP contribution in [0.5, 0.6) is 5.88 Å². The molecule has 0 spiro atoms. The molecular weight excluding hydrogens is 260 g/mol. The molecule has 0 radical (unpaired) electrons. The Labute approximate surface area is 130 Å². The highest BCUT2D eigenvalue weighted by Gasteiger charge is 2.19. The Balaban J connectivity index is 0.000000598. The van der Waals surface area contributed by atoms with Crippen molar-refractivity contribution in [3.8, 4) is 17.0 Å². The van der Waals surface area contributed by atoms with Gasteiger partial charge in [-0.3, -0.25) is 4.68 Å². The zero-order valence-electron chi connectivity index (χ0n) is 14.8. The Morgan fingerprint density at radius 3 is 2.24 bits per heavy atom. The average Bonchev–Trinajstić information content (AvgIpc) is 2.93. The molecule has 2 heterocycles. The Hall–Kier alpha value is -1.77. The Bertz CT molecular complexity index is 530. The van der Waals surface area contributed by atoms with Crippen molar-refractivity contribution < 1.29 is 4.74 Å². The van der Waals surface area contributed by atoms with Gasteiger partial charge in [0.1, 0.15) is 6.61 Å². The molecule has 0 unspecified atom stereocenters. The number of rotatable bonds is 0. The van der Waals surface area contributed by atoms with E-state index in [1.807, 2.05) is 54.8 Å². The van der Waals surface area contributed by atoms with Crippen LogP contribution in [0.4, 0.5) is 0 Å². The number of fused-ring (bicyclic) bond motifs is 3. The first-order chi connectivity index (χ1) is 10.2. The molecule has 118 valence electrons. The molecule has 3 heteroatoms. The van der Waals surface area contributed by atoms with Gasteiger partial charge in [0, 0.05) is 13.2 Å². The van der Waals surface area contributed by atoms with E-state index < -0.39 is 0 Å². The summed E-state index contributed by atoms with van der Waals surface area (Å²) in [5, 5.41) is 4.27. The summed E-state index contributed by atoms with van der Waals surface area (Å²) < 4.78 is 7.39. The molecule has 0 N–H and O–H groups in total. The van der Waals surface area contributed by atoms with Gasteiger partial charge in [-0.2, -0.15) is 0 Å². The molecule has 3 rings (SSSR count). The molecule has 1 aromatic carbocycles. The Kier molecular flexibility index (Phi) is 9.18. The minimum Gasteiger partial charge on any atom is -0.471 e. The van der Waals surface area contributed by atoms with Crippen LogP contribution in [0.3, 0.4) is 0 Å². The van der Waals surface area contributed by atoms with E-state index in [9.17, 15) is 0 Å². The third-order valence-electron chi connectivity index (χ3n) is 2.71. The molecule has 1 aliphatic rings. The molecule has 1 aliphatic heterocycles. The number of aryl methyl sites for hydroxylation is 2. The fourth-order valence-corrected chi connectivity index (χ4v) is 2.01. The molecule has 0 bridgehead atoms. The van der Waals surface area contributed by atoms with Crippen LogP contribution in [-0.4, -0.2) is 9.78 Å². The summed E-state index contributed by atoms with van der Waals surface area (Å²) in [6, 6.07) is 6.44. The van der Waals surface area contributed by atoms with Gasteiger partial charge >= 0.3 is 0 Å². The molecule has 2 aromatic rings. The van der Waals surface area contributed by atoms with Crippen LogP contribution in [0.1, 0.15) is 52.7 Å². The molecule has 0 aliphatic carbocycles. The van der Waals surface area contributed by atoms with Crippen molar-refractivity contribution in [3.05, 3.63) is 35.5 Å². The van der Waals surface area contributed by atoms with Crippen LogP contribution in [0, 0.1) is 6.92 Å². The lowest BCUT2D eigenvalue weighted by Crippen LogP contribution is -2.04. The van der Waals surface area contributed by atoms with Gasteiger partial charge in [0.05, 0.1) is 5.56 Å². The molecule has 3 nitrogen and oxygen atoms in total. The standard InChI is InChI=1S/C12H12N2O.3C2H6/c1-8-3-4-10-9(5-8)7-15-12-11(10)6-14(2)13-12;3*1-2/h3-6H,7H2,1-2H3;3*1-2H3. The third kappa shape index (κ3) is 4.62. The molecule has 21 heavy (non-hydrogen) atoms. The molecule has 1 aromatic heterocycles. The number of hydrogen-bond donors (Lipinski definition) is 0. The lowest BCUT2D eigenvalue weighted by Gasteiger charge is -2.16. The lowest BCUT2D eigenvalue weighted by molar-refractivity contribution is 0.287. The van der Waals surface area contributed by atoms with Gasteiger partial charge < -0.3 is 4.74 Å². The predicted octanol–water partition coefficient (Wildman–Crippen LogP) is 5.37. The van der Waals surface area contributed by atoms with Gasteiger partial charge in [-0.1, -0.05) is 65.3 Å². The maximum atomic E-state index is 5.59. The molecule has 0 amide bonds. The van der Waals surface area contributed by atoms with E-state index in [1.54, 1.807) is 4.68 Å². The number of benzene rings is 1. The number of aromatic nitrogens is 2. The minimum absolute atomic E-state index is 0.626. The first-order valence-electron chi connectivity index (χ1n) is 8.00. The summed E-state index contributed by atoms with van der Waals surface area (Å²) in [5.41, 5.74) is 4.86. The minimum atomic E-state index is 0.626. The zero-order valence-corrected chi connectivity index (χ0v) is 14.8. The van der Waals surface area contributed by atoms with E-state index >= 15 is 0 Å². The van der Waals surface area contributed by atoms with Crippen molar-refractivity contribution in [3.63, 3.8) is 0 Å². The lowest BCUT2D eigenvalue weighted by atomic mass is 9.99. The summed E-state index contributed by atoms with van der Waals surface area (Å²) in [6.07, 6.45) is 2.00. The topological polar surface area (TPSA) is 27.1 Å². The van der Waals surface area contributed by atoms with Gasteiger partial charge in [0.15, 0.2) is 0 Å². The van der Waals surface area contributed by atoms with Gasteiger partial charge in [-0.15, -0.1) is 5.10 Å². The zero-order chi connectivity index (χ0) is 16.4. The number of nitrogens with zero attached hydrogens (tertiary/aromatic N) is 2. The summed E-state index contributed by atoms with van der Waals surface area (Å²) in [5.74, 6) is 0.744. The summed E-state index contributed by atoms with van der Waals surface area (Å²) in [7, 11) is 1.91. The van der Waals surface area contributed by atoms with Crippen molar-refractivity contribution in [2.45, 2.75) is 55.1 Å². The normalized spacial score (nSPS) is 10.1. The van der Waals surface area contributed by atoms with Crippen LogP contribution in [0.15, 0.2) is 24.4 Å². The largest absolute Gasteiger partial charge is 0.471 e. The van der Waals surface area contributed by atoms with E-state index in [0.717, 1.165) is 11.4 Å². The van der Waals surface area contributed by atoms with E-state index in [0.29, 0.717) is 6.61 Å². The van der Waals surface area contributed by atoms with E-state index in [2.05, 4.69) is 30.2 Å². The monoisotopic (exact) mass is 290 g/mol. The van der Waals surface area contributed by atoms with Gasteiger partial charge in [-0.05, 0) is 18.1 Å². The van der Waals surface area contributed by atoms with Crippen molar-refractivity contribution >= 4 is 0 Å². The smallest absolute Gasteiger partial charge is 0.241 e. The van der Waals surface area contributed by atoms with Crippen molar-refractivity contribution in [2.24, 2.45) is 7.05 Å². The Morgan fingerprint density at radius 2 is 1.62 bits per heavy atom. The number of ether oxygens (including phenoxy) is 1. The van der Waals surface area contributed by atoms with E-state index in [4.69, 9.17) is 4.74 Å². The second kappa shape index (κ2) is 10.0. The summed E-state index contributed by atoms with van der Waals surface area (Å²) >= 11 is 0. The van der Waals surface area contributed by atoms with Crippen LogP contribution < -0.4 is 4.74 Å². The molecule has 0 saturated carbocycles. The molecule has 0 fully saturated rings. The first-order valence-corrected chi connectivity index (χ1v) is 8.00. The van der Waals surface area contributed by atoms with Gasteiger partial charge in [0.25, 0.3) is 0 Å². The maximum Gasteiger partial charge on any atom is 0.241 e. The highest BCUT2D eigenvalue weighted by molar-refractivity contribution is 5.73. The number of hydrogen-bond acceptors (Lipinski definition) is 2. The SMILES string of the molecule is CC.CC.CC.Cc1ccc2c(c1)COc1nn(C)cc1-2. The van der Waals surface area contributed by atoms with Crippen LogP contribution in [0.25, 0.3) is 11.1 Å². The fraction of sp³-hybridized carbons (Fsp3) is 0.500. The van der Waals surface area contributed by atoms with Crippen molar-refractivity contribution in [1.82, 2.24) is 9.78 Å². The second-order valence-corrected chi connectivity index (χ2v) is 3.97. The highest BCUT2D eigenvalue weighted by atomic mass is 16.5. The second-order valence-electron chi connectivity index (χ2n) is 3.97. The first kappa shape index (κ1) is 19.2. The third-order valence-corrected chi connectivity index (χ3v) is 2.71. The summed E-state index contributed by atoms with van der Waals surface area (Å²) in [6.45, 7) is 14.7. The Morgan fingerprint density at radius 1 is 1.00 bits per heavy atom. The molecule has 0 atom stereocenters. The quantitative estimate of drug-likeness (QED) is 0.652. The summed E-state index contributed by atoms with van der Waals surface area (Å²) in [4.78, 5) is 0. The van der Waals surface area contributed by atoms with Crippen molar-refractivity contribution in [1.29, 1.82) is 0 Å². The van der Waals surface area contributed by atoms with Gasteiger partial charge in [-0.25, -0.2) is 0 Å². The predicted molar refractivity (Wildman–Crippen MR) is 91.8 cm³/mol. The van der Waals surface area contributed by atoms with Crippen LogP contribution >= 0.6 is 0 Å². The average molecular weight is 290 g/mol. The fourth-order valence-electron chi connectivity index (χ4n) is 2.01. The van der Waals surface area contributed by atoms with E-state index in [1.165, 1.54) is 16.7 Å². The van der Waals surface area contributed by atoms with Gasteiger partial charge in [0.2, 0.25) is 5.88 Å². The maximum absolute atomic E-state index is 5.59. The van der Waals surface area contributed by atoms with Crippen LogP contribution in [0.2, 0.25) is 0 Å². The van der Waals surface area contributed by atoms with Crippen LogP contribution in [-0.2, 0) is 13.7 Å².